The Bertz CT molecular complexity index is 603. The topological polar surface area (TPSA) is 75.6 Å². The number of esters is 1. The number of amides is 1. The van der Waals surface area contributed by atoms with E-state index >= 15 is 0 Å². The second-order valence-electron chi connectivity index (χ2n) is 6.73. The van der Waals surface area contributed by atoms with Gasteiger partial charge in [0.25, 0.3) is 5.91 Å². The highest BCUT2D eigenvalue weighted by atomic mass is 16.5. The summed E-state index contributed by atoms with van der Waals surface area (Å²) in [5, 5.41) is 13.1. The van der Waals surface area contributed by atoms with Gasteiger partial charge in [0.15, 0.2) is 6.61 Å². The standard InChI is InChI=1S/C18H25NO4/c1-10(2)12-7-14(11(3)4)17(21)15(8-12)18(22)23-9-16(20)19-13-5-6-13/h7-8,10-11,13,21H,5-6,9H2,1-4H3,(H,19,20). The van der Waals surface area contributed by atoms with Gasteiger partial charge < -0.3 is 15.2 Å². The molecule has 23 heavy (non-hydrogen) atoms. The van der Waals surface area contributed by atoms with Crippen molar-refractivity contribution in [2.24, 2.45) is 0 Å². The first-order valence-corrected chi connectivity index (χ1v) is 8.12. The van der Waals surface area contributed by atoms with E-state index in [1.807, 2.05) is 33.8 Å². The Morgan fingerprint density at radius 3 is 2.39 bits per heavy atom. The third-order valence-electron chi connectivity index (χ3n) is 3.95. The highest BCUT2D eigenvalue weighted by Gasteiger charge is 2.25. The molecule has 5 nitrogen and oxygen atoms in total. The van der Waals surface area contributed by atoms with Crippen molar-refractivity contribution in [2.75, 3.05) is 6.61 Å². The first-order chi connectivity index (χ1) is 10.8. The van der Waals surface area contributed by atoms with Crippen molar-refractivity contribution in [1.82, 2.24) is 5.32 Å². The summed E-state index contributed by atoms with van der Waals surface area (Å²) < 4.78 is 5.06. The van der Waals surface area contributed by atoms with Crippen molar-refractivity contribution in [3.63, 3.8) is 0 Å². The molecule has 0 radical (unpaired) electrons. The molecule has 1 fully saturated rings. The Morgan fingerprint density at radius 1 is 1.22 bits per heavy atom. The van der Waals surface area contributed by atoms with Crippen molar-refractivity contribution < 1.29 is 19.4 Å². The molecule has 0 heterocycles. The fourth-order valence-corrected chi connectivity index (χ4v) is 2.32. The SMILES string of the molecule is CC(C)c1cc(C(=O)OCC(=O)NC2CC2)c(O)c(C(C)C)c1. The van der Waals surface area contributed by atoms with E-state index < -0.39 is 5.97 Å². The summed E-state index contributed by atoms with van der Waals surface area (Å²) >= 11 is 0. The van der Waals surface area contributed by atoms with Crippen LogP contribution in [0.1, 0.15) is 73.9 Å². The molecule has 1 saturated carbocycles. The lowest BCUT2D eigenvalue weighted by molar-refractivity contribution is -0.124. The number of phenols is 1. The van der Waals surface area contributed by atoms with Crippen LogP contribution in [0.3, 0.4) is 0 Å². The lowest BCUT2D eigenvalue weighted by Crippen LogP contribution is -2.30. The van der Waals surface area contributed by atoms with Crippen molar-refractivity contribution in [3.8, 4) is 5.75 Å². The molecule has 5 heteroatoms. The first kappa shape index (κ1) is 17.3. The second kappa shape index (κ2) is 7.02. The molecule has 1 aliphatic carbocycles. The maximum absolute atomic E-state index is 12.3. The Labute approximate surface area is 137 Å². The van der Waals surface area contributed by atoms with Gasteiger partial charge in [-0.2, -0.15) is 0 Å². The summed E-state index contributed by atoms with van der Waals surface area (Å²) in [6.07, 6.45) is 1.96. The van der Waals surface area contributed by atoms with Crippen LogP contribution in [-0.4, -0.2) is 29.6 Å². The van der Waals surface area contributed by atoms with Crippen LogP contribution in [0.5, 0.6) is 5.75 Å². The summed E-state index contributed by atoms with van der Waals surface area (Å²) in [7, 11) is 0. The number of aromatic hydroxyl groups is 1. The fourth-order valence-electron chi connectivity index (χ4n) is 2.32. The van der Waals surface area contributed by atoms with Crippen LogP contribution in [0.25, 0.3) is 0 Å². The number of rotatable bonds is 6. The summed E-state index contributed by atoms with van der Waals surface area (Å²) in [5.41, 5.74) is 1.80. The minimum absolute atomic E-state index is 0.0583. The smallest absolute Gasteiger partial charge is 0.342 e. The van der Waals surface area contributed by atoms with E-state index in [-0.39, 0.29) is 41.7 Å². The normalized spacial score (nSPS) is 14.2. The summed E-state index contributed by atoms with van der Waals surface area (Å²) in [5.74, 6) is -0.726. The third kappa shape index (κ3) is 4.47. The molecule has 0 aromatic heterocycles. The van der Waals surface area contributed by atoms with Gasteiger partial charge in [0.2, 0.25) is 0 Å². The van der Waals surface area contributed by atoms with Crippen LogP contribution in [0.2, 0.25) is 0 Å². The van der Waals surface area contributed by atoms with E-state index in [9.17, 15) is 14.7 Å². The molecule has 0 unspecified atom stereocenters. The molecule has 0 spiro atoms. The number of hydrogen-bond donors (Lipinski definition) is 2. The molecule has 0 saturated heterocycles. The van der Waals surface area contributed by atoms with Gasteiger partial charge in [0.1, 0.15) is 11.3 Å². The predicted octanol–water partition coefficient (Wildman–Crippen LogP) is 3.07. The van der Waals surface area contributed by atoms with E-state index in [0.29, 0.717) is 5.56 Å². The van der Waals surface area contributed by atoms with Crippen LogP contribution in [0, 0.1) is 0 Å². The quantitative estimate of drug-likeness (QED) is 0.790. The minimum atomic E-state index is -0.669. The van der Waals surface area contributed by atoms with Crippen LogP contribution in [-0.2, 0) is 9.53 Å². The van der Waals surface area contributed by atoms with Gasteiger partial charge in [-0.3, -0.25) is 4.79 Å². The van der Waals surface area contributed by atoms with Crippen molar-refractivity contribution >= 4 is 11.9 Å². The summed E-state index contributed by atoms with van der Waals surface area (Å²) in [6, 6.07) is 3.79. The maximum Gasteiger partial charge on any atom is 0.342 e. The van der Waals surface area contributed by atoms with E-state index in [0.717, 1.165) is 18.4 Å². The average molecular weight is 319 g/mol. The molecular weight excluding hydrogens is 294 g/mol. The van der Waals surface area contributed by atoms with Crippen LogP contribution in [0.15, 0.2) is 12.1 Å². The average Bonchev–Trinajstić information content (AvgIpc) is 3.28. The molecule has 1 aromatic carbocycles. The van der Waals surface area contributed by atoms with Gasteiger partial charge in [-0.1, -0.05) is 33.8 Å². The maximum atomic E-state index is 12.3. The molecule has 0 aliphatic heterocycles. The fraction of sp³-hybridized carbons (Fsp3) is 0.556. The van der Waals surface area contributed by atoms with Gasteiger partial charge in [-0.15, -0.1) is 0 Å². The number of phenolic OH excluding ortho intramolecular Hbond substituents is 1. The molecule has 1 aliphatic rings. The molecule has 126 valence electrons. The van der Waals surface area contributed by atoms with E-state index in [1.165, 1.54) is 0 Å². The number of carbonyl (C=O) groups is 2. The van der Waals surface area contributed by atoms with Gasteiger partial charge in [0.05, 0.1) is 0 Å². The molecular formula is C18H25NO4. The predicted molar refractivity (Wildman–Crippen MR) is 87.7 cm³/mol. The number of hydrogen-bond acceptors (Lipinski definition) is 4. The zero-order valence-corrected chi connectivity index (χ0v) is 14.2. The van der Waals surface area contributed by atoms with Crippen molar-refractivity contribution in [1.29, 1.82) is 0 Å². The van der Waals surface area contributed by atoms with Crippen LogP contribution < -0.4 is 5.32 Å². The summed E-state index contributed by atoms with van der Waals surface area (Å²) in [4.78, 5) is 23.9. The Morgan fingerprint density at radius 2 is 1.87 bits per heavy atom. The highest BCUT2D eigenvalue weighted by Crippen LogP contribution is 2.33. The van der Waals surface area contributed by atoms with Crippen molar-refractivity contribution in [3.05, 3.63) is 28.8 Å². The van der Waals surface area contributed by atoms with Crippen molar-refractivity contribution in [2.45, 2.75) is 58.4 Å². The zero-order valence-electron chi connectivity index (χ0n) is 14.2. The van der Waals surface area contributed by atoms with Gasteiger partial charge >= 0.3 is 5.97 Å². The molecule has 0 atom stereocenters. The molecule has 1 amide bonds. The number of nitrogens with one attached hydrogen (secondary N) is 1. The monoisotopic (exact) mass is 319 g/mol. The Balaban J connectivity index is 2.15. The Kier molecular flexibility index (Phi) is 5.29. The van der Waals surface area contributed by atoms with Crippen LogP contribution in [0.4, 0.5) is 0 Å². The lowest BCUT2D eigenvalue weighted by Gasteiger charge is -2.16. The lowest BCUT2D eigenvalue weighted by atomic mass is 9.92. The Hall–Kier alpha value is -2.04. The van der Waals surface area contributed by atoms with E-state index in [4.69, 9.17) is 4.74 Å². The molecule has 0 bridgehead atoms. The number of benzene rings is 1. The summed E-state index contributed by atoms with van der Waals surface area (Å²) in [6.45, 7) is 7.63. The number of ether oxygens (including phenoxy) is 1. The van der Waals surface area contributed by atoms with E-state index in [2.05, 4.69) is 5.32 Å². The first-order valence-electron chi connectivity index (χ1n) is 8.12. The van der Waals surface area contributed by atoms with E-state index in [1.54, 1.807) is 6.07 Å². The van der Waals surface area contributed by atoms with Gasteiger partial charge in [-0.05, 0) is 41.9 Å². The van der Waals surface area contributed by atoms with Gasteiger partial charge in [0, 0.05) is 6.04 Å². The highest BCUT2D eigenvalue weighted by molar-refractivity contribution is 5.94. The zero-order chi connectivity index (χ0) is 17.1. The minimum Gasteiger partial charge on any atom is -0.507 e. The molecule has 2 N–H and O–H groups in total. The number of carbonyl (C=O) groups excluding carboxylic acids is 2. The largest absolute Gasteiger partial charge is 0.507 e. The molecule has 2 rings (SSSR count). The van der Waals surface area contributed by atoms with Gasteiger partial charge in [-0.25, -0.2) is 4.79 Å². The second-order valence-corrected chi connectivity index (χ2v) is 6.73. The molecule has 1 aromatic rings. The third-order valence-corrected chi connectivity index (χ3v) is 3.95. The van der Waals surface area contributed by atoms with Crippen LogP contribution >= 0.6 is 0 Å².